The van der Waals surface area contributed by atoms with E-state index in [1.165, 1.54) is 16.8 Å². The molecule has 1 aromatic carbocycles. The third kappa shape index (κ3) is 5.01. The van der Waals surface area contributed by atoms with Gasteiger partial charge in [-0.25, -0.2) is 9.82 Å². The first-order valence-electron chi connectivity index (χ1n) is 8.81. The van der Waals surface area contributed by atoms with Crippen LogP contribution in [0.1, 0.15) is 17.3 Å². The molecule has 0 unspecified atom stereocenters. The summed E-state index contributed by atoms with van der Waals surface area (Å²) in [6.07, 6.45) is -5.37. The average molecular weight is 446 g/mol. The zero-order chi connectivity index (χ0) is 22.6. The van der Waals surface area contributed by atoms with E-state index in [2.05, 4.69) is 5.10 Å². The largest absolute Gasteiger partial charge is 0.394 e. The summed E-state index contributed by atoms with van der Waals surface area (Å²) in [4.78, 5) is 24.9. The molecule has 1 aromatic heterocycles. The standard InChI is InChI=1S/C18H21ClFN3O7/c1-2-23-6-9(15(27)8-3-11(20)10(19)4-12(8)23)18(30)22-21-5-13(25)16(28)17(29)14(26)7-24/h3-6,13-14,16-17,24-26,28-29H,2,7H2,1H3,(H,22,30)/b21-5+/t13-,14-,16-,17-/m1/s1. The van der Waals surface area contributed by atoms with Crippen molar-refractivity contribution < 1.29 is 34.7 Å². The van der Waals surface area contributed by atoms with Crippen molar-refractivity contribution in [1.29, 1.82) is 0 Å². The molecule has 4 atom stereocenters. The molecule has 1 heterocycles. The van der Waals surface area contributed by atoms with E-state index in [4.69, 9.17) is 16.7 Å². The second-order valence-corrected chi connectivity index (χ2v) is 6.79. The Bertz CT molecular complexity index is 1010. The highest BCUT2D eigenvalue weighted by Gasteiger charge is 2.29. The molecule has 2 aromatic rings. The summed E-state index contributed by atoms with van der Waals surface area (Å²) in [5.74, 6) is -1.78. The number of aliphatic hydroxyl groups is 5. The maximum Gasteiger partial charge on any atom is 0.276 e. The summed E-state index contributed by atoms with van der Waals surface area (Å²) in [7, 11) is 0. The lowest BCUT2D eigenvalue weighted by Gasteiger charge is -2.23. The molecular weight excluding hydrogens is 425 g/mol. The molecule has 0 radical (unpaired) electrons. The van der Waals surface area contributed by atoms with E-state index in [1.807, 2.05) is 5.43 Å². The number of carbonyl (C=O) groups excluding carboxylic acids is 1. The minimum atomic E-state index is -1.90. The summed E-state index contributed by atoms with van der Waals surface area (Å²) in [5, 5.41) is 50.1. The van der Waals surface area contributed by atoms with Crippen molar-refractivity contribution in [2.75, 3.05) is 6.61 Å². The second-order valence-electron chi connectivity index (χ2n) is 6.38. The number of nitrogens with one attached hydrogen (secondary N) is 1. The predicted octanol–water partition coefficient (Wildman–Crippen LogP) is -1.03. The quantitative estimate of drug-likeness (QED) is 0.223. The minimum Gasteiger partial charge on any atom is -0.394 e. The van der Waals surface area contributed by atoms with Crippen LogP contribution in [-0.2, 0) is 6.54 Å². The van der Waals surface area contributed by atoms with Gasteiger partial charge < -0.3 is 30.1 Å². The van der Waals surface area contributed by atoms with Gasteiger partial charge in [0.15, 0.2) is 0 Å². The van der Waals surface area contributed by atoms with Crippen molar-refractivity contribution in [2.45, 2.75) is 37.9 Å². The van der Waals surface area contributed by atoms with Gasteiger partial charge in [-0.05, 0) is 19.1 Å². The number of nitrogens with zero attached hydrogens (tertiary/aromatic N) is 2. The van der Waals surface area contributed by atoms with E-state index in [0.29, 0.717) is 18.3 Å². The van der Waals surface area contributed by atoms with E-state index in [-0.39, 0.29) is 16.0 Å². The maximum absolute atomic E-state index is 13.8. The van der Waals surface area contributed by atoms with Gasteiger partial charge in [-0.2, -0.15) is 5.10 Å². The number of halogens is 2. The summed E-state index contributed by atoms with van der Waals surface area (Å²) >= 11 is 5.77. The first kappa shape index (κ1) is 23.9. The monoisotopic (exact) mass is 445 g/mol. The number of hydrogen-bond donors (Lipinski definition) is 6. The number of aryl methyl sites for hydroxylation is 1. The molecule has 0 saturated heterocycles. The van der Waals surface area contributed by atoms with E-state index >= 15 is 0 Å². The first-order chi connectivity index (χ1) is 14.1. The lowest BCUT2D eigenvalue weighted by molar-refractivity contribution is -0.0999. The average Bonchev–Trinajstić information content (AvgIpc) is 2.73. The van der Waals surface area contributed by atoms with Crippen molar-refractivity contribution in [2.24, 2.45) is 5.10 Å². The summed E-state index contributed by atoms with van der Waals surface area (Å²) in [6, 6.07) is 2.21. The molecule has 0 spiro atoms. The topological polar surface area (TPSA) is 165 Å². The molecule has 6 N–H and O–H groups in total. The van der Waals surface area contributed by atoms with Crippen molar-refractivity contribution in [1.82, 2.24) is 9.99 Å². The number of amides is 1. The Morgan fingerprint density at radius 1 is 1.30 bits per heavy atom. The fourth-order valence-electron chi connectivity index (χ4n) is 2.67. The van der Waals surface area contributed by atoms with Crippen LogP contribution >= 0.6 is 11.6 Å². The van der Waals surface area contributed by atoms with Crippen LogP contribution in [0.5, 0.6) is 0 Å². The molecule has 0 bridgehead atoms. The normalized spacial score (nSPS) is 15.9. The van der Waals surface area contributed by atoms with Crippen LogP contribution in [0.15, 0.2) is 28.2 Å². The number of hydrogen-bond acceptors (Lipinski definition) is 8. The van der Waals surface area contributed by atoms with Crippen LogP contribution in [-0.4, -0.2) is 73.2 Å². The van der Waals surface area contributed by atoms with Gasteiger partial charge in [-0.1, -0.05) is 11.6 Å². The van der Waals surface area contributed by atoms with Crippen LogP contribution in [0.3, 0.4) is 0 Å². The Kier molecular flexibility index (Phi) is 8.01. The van der Waals surface area contributed by atoms with Crippen molar-refractivity contribution in [3.8, 4) is 0 Å². The lowest BCUT2D eigenvalue weighted by Crippen LogP contribution is -2.46. The van der Waals surface area contributed by atoms with Gasteiger partial charge in [0.05, 0.1) is 23.4 Å². The highest BCUT2D eigenvalue weighted by atomic mass is 35.5. The molecule has 1 amide bonds. The number of aliphatic hydroxyl groups excluding tert-OH is 5. The smallest absolute Gasteiger partial charge is 0.276 e. The fraction of sp³-hybridized carbons (Fsp3) is 0.389. The Morgan fingerprint density at radius 2 is 1.97 bits per heavy atom. The molecule has 0 aliphatic carbocycles. The molecule has 0 aliphatic heterocycles. The Labute approximate surface area is 174 Å². The number of rotatable bonds is 8. The molecule has 12 heteroatoms. The molecule has 30 heavy (non-hydrogen) atoms. The van der Waals surface area contributed by atoms with E-state index in [1.54, 1.807) is 6.92 Å². The zero-order valence-electron chi connectivity index (χ0n) is 15.7. The molecule has 164 valence electrons. The van der Waals surface area contributed by atoms with Crippen molar-refractivity contribution in [3.05, 3.63) is 45.0 Å². The van der Waals surface area contributed by atoms with Gasteiger partial charge in [-0.3, -0.25) is 9.59 Å². The lowest BCUT2D eigenvalue weighted by atomic mass is 10.0. The SMILES string of the molecule is CCn1cc(C(=O)N/N=C/[C@@H](O)[C@@H](O)[C@H](O)[C@H](O)CO)c(=O)c2cc(F)c(Cl)cc21. The Balaban J connectivity index is 2.25. The van der Waals surface area contributed by atoms with Crippen LogP contribution in [0.2, 0.25) is 5.02 Å². The third-order valence-corrected chi connectivity index (χ3v) is 4.67. The number of hydrazone groups is 1. The molecule has 0 fully saturated rings. The number of benzene rings is 1. The summed E-state index contributed by atoms with van der Waals surface area (Å²) in [5.41, 5.74) is 1.20. The van der Waals surface area contributed by atoms with Crippen LogP contribution in [0, 0.1) is 5.82 Å². The number of fused-ring (bicyclic) bond motifs is 1. The fourth-order valence-corrected chi connectivity index (χ4v) is 2.82. The van der Waals surface area contributed by atoms with Gasteiger partial charge in [0.25, 0.3) is 5.91 Å². The third-order valence-electron chi connectivity index (χ3n) is 4.38. The molecule has 0 saturated carbocycles. The minimum absolute atomic E-state index is 0.0630. The van der Waals surface area contributed by atoms with Crippen LogP contribution in [0.25, 0.3) is 10.9 Å². The van der Waals surface area contributed by atoms with Gasteiger partial charge in [0.1, 0.15) is 35.8 Å². The maximum atomic E-state index is 13.8. The van der Waals surface area contributed by atoms with E-state index in [9.17, 15) is 34.4 Å². The highest BCUT2D eigenvalue weighted by molar-refractivity contribution is 6.31. The van der Waals surface area contributed by atoms with Gasteiger partial charge in [0, 0.05) is 18.1 Å². The molecule has 2 rings (SSSR count). The second kappa shape index (κ2) is 10.1. The van der Waals surface area contributed by atoms with Crippen molar-refractivity contribution >= 4 is 34.6 Å². The highest BCUT2D eigenvalue weighted by Crippen LogP contribution is 2.21. The van der Waals surface area contributed by atoms with E-state index in [0.717, 1.165) is 6.07 Å². The van der Waals surface area contributed by atoms with E-state index < -0.39 is 48.2 Å². The molecule has 10 nitrogen and oxygen atoms in total. The first-order valence-corrected chi connectivity index (χ1v) is 9.19. The van der Waals surface area contributed by atoms with Gasteiger partial charge in [0.2, 0.25) is 5.43 Å². The summed E-state index contributed by atoms with van der Waals surface area (Å²) in [6.45, 7) is 1.24. The molecular formula is C18H21ClFN3O7. The molecule has 0 aliphatic rings. The number of aromatic nitrogens is 1. The van der Waals surface area contributed by atoms with Crippen LogP contribution < -0.4 is 10.9 Å². The van der Waals surface area contributed by atoms with Gasteiger partial charge in [-0.15, -0.1) is 0 Å². The summed E-state index contributed by atoms with van der Waals surface area (Å²) < 4.78 is 15.3. The number of carbonyl (C=O) groups is 1. The Hall–Kier alpha value is -2.41. The number of pyridine rings is 1. The van der Waals surface area contributed by atoms with Crippen LogP contribution in [0.4, 0.5) is 4.39 Å². The van der Waals surface area contributed by atoms with Crippen molar-refractivity contribution in [3.63, 3.8) is 0 Å². The Morgan fingerprint density at radius 3 is 2.57 bits per heavy atom. The van der Waals surface area contributed by atoms with Gasteiger partial charge >= 0.3 is 0 Å². The zero-order valence-corrected chi connectivity index (χ0v) is 16.5. The predicted molar refractivity (Wildman–Crippen MR) is 106 cm³/mol.